The van der Waals surface area contributed by atoms with Crippen LogP contribution in [0.3, 0.4) is 0 Å². The Bertz CT molecular complexity index is 980. The van der Waals surface area contributed by atoms with E-state index in [4.69, 9.17) is 0 Å². The molecule has 0 unspecified atom stereocenters. The van der Waals surface area contributed by atoms with Gasteiger partial charge in [-0.05, 0) is 48.0 Å². The van der Waals surface area contributed by atoms with Gasteiger partial charge in [-0.15, -0.1) is 0 Å². The molecule has 2 aromatic carbocycles. The van der Waals surface area contributed by atoms with Crippen molar-refractivity contribution in [2.75, 3.05) is 0 Å². The number of benzene rings is 2. The summed E-state index contributed by atoms with van der Waals surface area (Å²) in [7, 11) is 0. The van der Waals surface area contributed by atoms with Gasteiger partial charge in [0.1, 0.15) is 17.3 Å². The van der Waals surface area contributed by atoms with Crippen molar-refractivity contribution in [2.45, 2.75) is 0 Å². The topological polar surface area (TPSA) is 76.0 Å². The molecule has 1 aromatic heterocycles. The van der Waals surface area contributed by atoms with Crippen LogP contribution < -0.4 is 10.9 Å². The number of nitrogens with zero attached hydrogens (tertiary/aromatic N) is 2. The van der Waals surface area contributed by atoms with Crippen molar-refractivity contribution in [3.63, 3.8) is 0 Å². The van der Waals surface area contributed by atoms with Gasteiger partial charge in [-0.2, -0.15) is 0 Å². The Morgan fingerprint density at radius 2 is 1.56 bits per heavy atom. The smallest absolute Gasteiger partial charge is 0.288 e. The van der Waals surface area contributed by atoms with Crippen molar-refractivity contribution < 1.29 is 18.4 Å². The molecular weight excluding hydrogens is 354 g/mol. The molecule has 0 spiro atoms. The first-order chi connectivity index (χ1) is 13.0. The van der Waals surface area contributed by atoms with Crippen LogP contribution in [0.4, 0.5) is 8.78 Å². The maximum absolute atomic E-state index is 13.0. The average Bonchev–Trinajstić information content (AvgIpc) is 3.16. The molecule has 6 nitrogen and oxygen atoms in total. The van der Waals surface area contributed by atoms with Crippen molar-refractivity contribution in [2.24, 2.45) is 0 Å². The van der Waals surface area contributed by atoms with Crippen LogP contribution in [0.15, 0.2) is 67.1 Å². The first-order valence-corrected chi connectivity index (χ1v) is 7.85. The Kier molecular flexibility index (Phi) is 5.36. The van der Waals surface area contributed by atoms with E-state index < -0.39 is 17.6 Å². The summed E-state index contributed by atoms with van der Waals surface area (Å²) in [5.41, 5.74) is 5.84. The van der Waals surface area contributed by atoms with Crippen LogP contribution in [-0.4, -0.2) is 21.4 Å². The summed E-state index contributed by atoms with van der Waals surface area (Å²) in [5.74, 6) is -1.94. The normalized spacial score (nSPS) is 10.7. The molecule has 2 N–H and O–H groups in total. The summed E-state index contributed by atoms with van der Waals surface area (Å²) < 4.78 is 27.3. The van der Waals surface area contributed by atoms with Crippen LogP contribution >= 0.6 is 0 Å². The third kappa shape index (κ3) is 4.63. The predicted octanol–water partition coefficient (Wildman–Crippen LogP) is 2.62. The summed E-state index contributed by atoms with van der Waals surface area (Å²) in [6.07, 6.45) is 5.39. The SMILES string of the molecule is O=C(/C=C/c1ccc(F)cc1)NNC(=O)c1cncn1-c1ccc(F)cc1. The van der Waals surface area contributed by atoms with E-state index in [1.165, 1.54) is 77.8 Å². The second kappa shape index (κ2) is 8.05. The van der Waals surface area contributed by atoms with Crippen LogP contribution in [0.5, 0.6) is 0 Å². The zero-order valence-electron chi connectivity index (χ0n) is 13.9. The molecule has 136 valence electrons. The number of hydrogen-bond donors (Lipinski definition) is 2. The zero-order valence-corrected chi connectivity index (χ0v) is 13.9. The molecule has 27 heavy (non-hydrogen) atoms. The summed E-state index contributed by atoms with van der Waals surface area (Å²) in [6.45, 7) is 0. The lowest BCUT2D eigenvalue weighted by Gasteiger charge is -2.09. The van der Waals surface area contributed by atoms with Gasteiger partial charge >= 0.3 is 0 Å². The van der Waals surface area contributed by atoms with Gasteiger partial charge in [0.05, 0.1) is 12.5 Å². The predicted molar refractivity (Wildman–Crippen MR) is 94.6 cm³/mol. The molecule has 0 aliphatic rings. The second-order valence-corrected chi connectivity index (χ2v) is 5.45. The van der Waals surface area contributed by atoms with E-state index in [1.807, 2.05) is 0 Å². The highest BCUT2D eigenvalue weighted by Crippen LogP contribution is 2.12. The highest BCUT2D eigenvalue weighted by molar-refractivity contribution is 5.97. The fourth-order valence-corrected chi connectivity index (χ4v) is 2.24. The number of rotatable bonds is 4. The lowest BCUT2D eigenvalue weighted by Crippen LogP contribution is -2.41. The zero-order chi connectivity index (χ0) is 19.2. The number of hydrazine groups is 1. The van der Waals surface area contributed by atoms with Gasteiger partial charge in [0.25, 0.3) is 11.8 Å². The van der Waals surface area contributed by atoms with E-state index >= 15 is 0 Å². The first-order valence-electron chi connectivity index (χ1n) is 7.85. The molecule has 0 aliphatic carbocycles. The maximum atomic E-state index is 13.0. The van der Waals surface area contributed by atoms with Crippen LogP contribution in [-0.2, 0) is 4.79 Å². The minimum Gasteiger partial charge on any atom is -0.295 e. The number of imidazole rings is 1. The lowest BCUT2D eigenvalue weighted by atomic mass is 10.2. The molecule has 0 atom stereocenters. The molecular formula is C19H14F2N4O2. The Balaban J connectivity index is 1.61. The van der Waals surface area contributed by atoms with Gasteiger partial charge in [-0.1, -0.05) is 12.1 Å². The molecule has 0 aliphatic heterocycles. The fraction of sp³-hybridized carbons (Fsp3) is 0. The Morgan fingerprint density at radius 3 is 2.22 bits per heavy atom. The molecule has 8 heteroatoms. The molecule has 2 amide bonds. The summed E-state index contributed by atoms with van der Waals surface area (Å²) >= 11 is 0. The number of amides is 2. The Morgan fingerprint density at radius 1 is 0.926 bits per heavy atom. The number of carbonyl (C=O) groups is 2. The van der Waals surface area contributed by atoms with Crippen LogP contribution in [0.1, 0.15) is 16.1 Å². The highest BCUT2D eigenvalue weighted by Gasteiger charge is 2.13. The van der Waals surface area contributed by atoms with Gasteiger partial charge in [0, 0.05) is 11.8 Å². The molecule has 0 saturated carbocycles. The van der Waals surface area contributed by atoms with Crippen molar-refractivity contribution in [3.8, 4) is 5.69 Å². The van der Waals surface area contributed by atoms with E-state index in [0.29, 0.717) is 11.3 Å². The third-order valence-electron chi connectivity index (χ3n) is 3.57. The number of hydrogen-bond acceptors (Lipinski definition) is 3. The molecule has 0 radical (unpaired) electrons. The van der Waals surface area contributed by atoms with E-state index in [1.54, 1.807) is 0 Å². The number of halogens is 2. The molecule has 0 bridgehead atoms. The van der Waals surface area contributed by atoms with Crippen molar-refractivity contribution in [3.05, 3.63) is 90.0 Å². The molecule has 3 aromatic rings. The van der Waals surface area contributed by atoms with Crippen LogP contribution in [0.25, 0.3) is 11.8 Å². The van der Waals surface area contributed by atoms with E-state index in [2.05, 4.69) is 15.8 Å². The lowest BCUT2D eigenvalue weighted by molar-refractivity contribution is -0.117. The molecule has 3 rings (SSSR count). The fourth-order valence-electron chi connectivity index (χ4n) is 2.24. The van der Waals surface area contributed by atoms with Crippen LogP contribution in [0.2, 0.25) is 0 Å². The second-order valence-electron chi connectivity index (χ2n) is 5.45. The third-order valence-corrected chi connectivity index (χ3v) is 3.57. The van der Waals surface area contributed by atoms with Gasteiger partial charge in [-0.25, -0.2) is 13.8 Å². The molecule has 1 heterocycles. The number of aromatic nitrogens is 2. The van der Waals surface area contributed by atoms with Crippen molar-refractivity contribution in [1.29, 1.82) is 0 Å². The summed E-state index contributed by atoms with van der Waals surface area (Å²) in [5, 5.41) is 0. The summed E-state index contributed by atoms with van der Waals surface area (Å²) in [6, 6.07) is 11.1. The van der Waals surface area contributed by atoms with E-state index in [9.17, 15) is 18.4 Å². The van der Waals surface area contributed by atoms with Crippen LogP contribution in [0, 0.1) is 11.6 Å². The largest absolute Gasteiger partial charge is 0.295 e. The van der Waals surface area contributed by atoms with Crippen molar-refractivity contribution >= 4 is 17.9 Å². The van der Waals surface area contributed by atoms with Gasteiger partial charge in [-0.3, -0.25) is 25.0 Å². The minimum absolute atomic E-state index is 0.157. The molecule has 0 saturated heterocycles. The van der Waals surface area contributed by atoms with E-state index in [-0.39, 0.29) is 11.5 Å². The number of nitrogens with one attached hydrogen (secondary N) is 2. The van der Waals surface area contributed by atoms with Crippen molar-refractivity contribution in [1.82, 2.24) is 20.4 Å². The highest BCUT2D eigenvalue weighted by atomic mass is 19.1. The number of carbonyl (C=O) groups excluding carboxylic acids is 2. The maximum Gasteiger partial charge on any atom is 0.288 e. The Labute approximate surface area is 153 Å². The first kappa shape index (κ1) is 18.0. The van der Waals surface area contributed by atoms with Gasteiger partial charge in [0.2, 0.25) is 0 Å². The Hall–Kier alpha value is -3.81. The van der Waals surface area contributed by atoms with E-state index in [0.717, 1.165) is 0 Å². The van der Waals surface area contributed by atoms with Gasteiger partial charge < -0.3 is 0 Å². The monoisotopic (exact) mass is 368 g/mol. The average molecular weight is 368 g/mol. The summed E-state index contributed by atoms with van der Waals surface area (Å²) in [4.78, 5) is 28.0. The quantitative estimate of drug-likeness (QED) is 0.549. The standard InChI is InChI=1S/C19H14F2N4O2/c20-14-4-1-13(2-5-14)3-10-18(26)23-24-19(27)17-11-22-12-25(17)16-8-6-15(21)7-9-16/h1-12H,(H,23,26)(H,24,27)/b10-3+. The minimum atomic E-state index is -0.597. The van der Waals surface area contributed by atoms with Gasteiger partial charge in [0.15, 0.2) is 0 Å². The molecule has 0 fully saturated rings.